The van der Waals surface area contributed by atoms with Crippen LogP contribution in [0.4, 0.5) is 0 Å². The molecule has 0 aliphatic rings. The number of rotatable bonds is 25. The number of hydrogen-bond acceptors (Lipinski definition) is 6. The maximum Gasteiger partial charge on any atom is 0.344 e. The van der Waals surface area contributed by atoms with Crippen molar-refractivity contribution >= 4 is 18.0 Å². The van der Waals surface area contributed by atoms with Crippen molar-refractivity contribution in [1.29, 1.82) is 0 Å². The predicted molar refractivity (Wildman–Crippen MR) is 196 cm³/mol. The summed E-state index contributed by atoms with van der Waals surface area (Å²) in [5.74, 6) is 1.23. The number of ether oxygens (including phenoxy) is 4. The van der Waals surface area contributed by atoms with Gasteiger partial charge in [-0.05, 0) is 85.1 Å². The topological polar surface area (TPSA) is 71.1 Å². The van der Waals surface area contributed by atoms with E-state index >= 15 is 0 Å². The zero-order valence-electron chi connectivity index (χ0n) is 29.3. The molecule has 0 N–H and O–H groups in total. The van der Waals surface area contributed by atoms with Crippen molar-refractivity contribution in [2.24, 2.45) is 0 Å². The number of benzene rings is 3. The maximum absolute atomic E-state index is 13.0. The fourth-order valence-corrected chi connectivity index (χ4v) is 5.43. The second kappa shape index (κ2) is 23.3. The van der Waals surface area contributed by atoms with Gasteiger partial charge in [-0.15, -0.1) is 0 Å². The molecule has 0 saturated carbocycles. The maximum atomic E-state index is 13.0. The fourth-order valence-electron chi connectivity index (χ4n) is 5.43. The highest BCUT2D eigenvalue weighted by Crippen LogP contribution is 2.23. The lowest BCUT2D eigenvalue weighted by atomic mass is 10.0. The van der Waals surface area contributed by atoms with Crippen LogP contribution in [0, 0.1) is 0 Å². The Hall–Kier alpha value is -4.06. The Balaban J connectivity index is 1.40. The minimum absolute atomic E-state index is 0.300. The third-order valence-electron chi connectivity index (χ3n) is 8.33. The zero-order chi connectivity index (χ0) is 34.2. The largest absolute Gasteiger partial charge is 0.494 e. The summed E-state index contributed by atoms with van der Waals surface area (Å²) in [5, 5.41) is 0. The van der Waals surface area contributed by atoms with E-state index in [0.29, 0.717) is 41.4 Å². The third kappa shape index (κ3) is 14.8. The lowest BCUT2D eigenvalue weighted by Crippen LogP contribution is -2.13. The summed E-state index contributed by atoms with van der Waals surface area (Å²) in [7, 11) is 0. The van der Waals surface area contributed by atoms with Crippen LogP contribution in [0.15, 0.2) is 73.3 Å². The molecular formula is C42H56O6. The van der Waals surface area contributed by atoms with E-state index in [9.17, 15) is 9.59 Å². The molecule has 0 atom stereocenters. The molecule has 0 bridgehead atoms. The van der Waals surface area contributed by atoms with Gasteiger partial charge in [0.05, 0.1) is 24.3 Å². The summed E-state index contributed by atoms with van der Waals surface area (Å²) in [4.78, 5) is 25.9. The summed E-state index contributed by atoms with van der Waals surface area (Å²) < 4.78 is 22.9. The van der Waals surface area contributed by atoms with Crippen molar-refractivity contribution in [3.05, 3.63) is 90.0 Å². The molecule has 6 heteroatoms. The van der Waals surface area contributed by atoms with E-state index in [2.05, 4.69) is 20.4 Å². The van der Waals surface area contributed by atoms with Gasteiger partial charge >= 0.3 is 11.9 Å². The monoisotopic (exact) mass is 656 g/mol. The van der Waals surface area contributed by atoms with Crippen molar-refractivity contribution in [2.75, 3.05) is 13.2 Å². The van der Waals surface area contributed by atoms with Crippen molar-refractivity contribution in [3.8, 4) is 23.0 Å². The lowest BCUT2D eigenvalue weighted by Gasteiger charge is -2.11. The number of esters is 2. The summed E-state index contributed by atoms with van der Waals surface area (Å²) in [6, 6.07) is 18.8. The van der Waals surface area contributed by atoms with E-state index in [1.54, 1.807) is 66.7 Å². The van der Waals surface area contributed by atoms with Crippen LogP contribution in [0.25, 0.3) is 6.08 Å². The van der Waals surface area contributed by atoms with Gasteiger partial charge < -0.3 is 18.9 Å². The van der Waals surface area contributed by atoms with Crippen molar-refractivity contribution in [1.82, 2.24) is 0 Å². The van der Waals surface area contributed by atoms with Gasteiger partial charge in [0.25, 0.3) is 0 Å². The minimum atomic E-state index is -0.542. The van der Waals surface area contributed by atoms with Gasteiger partial charge in [-0.25, -0.2) is 9.59 Å². The van der Waals surface area contributed by atoms with Gasteiger partial charge in [-0.2, -0.15) is 0 Å². The highest BCUT2D eigenvalue weighted by molar-refractivity contribution is 5.98. The van der Waals surface area contributed by atoms with E-state index in [0.717, 1.165) is 24.3 Å². The summed E-state index contributed by atoms with van der Waals surface area (Å²) in [6.07, 6.45) is 21.6. The van der Waals surface area contributed by atoms with Crippen LogP contribution in [0.3, 0.4) is 0 Å². The molecule has 0 unspecified atom stereocenters. The zero-order valence-corrected chi connectivity index (χ0v) is 29.3. The molecule has 6 nitrogen and oxygen atoms in total. The number of carbonyl (C=O) groups excluding carboxylic acids is 2. The quantitative estimate of drug-likeness (QED) is 0.0513. The molecule has 0 radical (unpaired) electrons. The van der Waals surface area contributed by atoms with E-state index in [4.69, 9.17) is 18.9 Å². The van der Waals surface area contributed by atoms with Crippen molar-refractivity contribution < 1.29 is 28.5 Å². The molecule has 3 aromatic rings. The Morgan fingerprint density at radius 2 is 0.917 bits per heavy atom. The SMILES string of the molecule is C=Cc1cc(C(=O)Oc2ccc(OCCCCCCCCCC)cc2)ccc1C(=O)Oc1ccc(OCCCCCCCCCC)cc1. The van der Waals surface area contributed by atoms with Gasteiger partial charge in [-0.1, -0.05) is 116 Å². The Morgan fingerprint density at radius 1 is 0.521 bits per heavy atom. The summed E-state index contributed by atoms with van der Waals surface area (Å²) in [5.41, 5.74) is 1.08. The molecule has 0 spiro atoms. The number of hydrogen-bond donors (Lipinski definition) is 0. The van der Waals surface area contributed by atoms with Crippen LogP contribution in [-0.4, -0.2) is 25.2 Å². The Morgan fingerprint density at radius 3 is 1.35 bits per heavy atom. The lowest BCUT2D eigenvalue weighted by molar-refractivity contribution is 0.0720. The molecular weight excluding hydrogens is 600 g/mol. The molecule has 0 amide bonds. The molecule has 3 rings (SSSR count). The Kier molecular flexibility index (Phi) is 18.6. The van der Waals surface area contributed by atoms with Crippen molar-refractivity contribution in [3.63, 3.8) is 0 Å². The van der Waals surface area contributed by atoms with E-state index in [1.807, 2.05) is 0 Å². The normalized spacial score (nSPS) is 10.8. The third-order valence-corrected chi connectivity index (χ3v) is 8.33. The second-order valence-corrected chi connectivity index (χ2v) is 12.4. The highest BCUT2D eigenvalue weighted by atomic mass is 16.5. The summed E-state index contributed by atoms with van der Waals surface area (Å²) >= 11 is 0. The molecule has 3 aromatic carbocycles. The number of unbranched alkanes of at least 4 members (excludes halogenated alkanes) is 14. The van der Waals surface area contributed by atoms with Gasteiger partial charge in [0.1, 0.15) is 23.0 Å². The van der Waals surface area contributed by atoms with Gasteiger partial charge in [0.2, 0.25) is 0 Å². The first-order valence-corrected chi connectivity index (χ1v) is 18.2. The minimum Gasteiger partial charge on any atom is -0.494 e. The van der Waals surface area contributed by atoms with E-state index in [-0.39, 0.29) is 0 Å². The van der Waals surface area contributed by atoms with Crippen molar-refractivity contribution in [2.45, 2.75) is 117 Å². The molecule has 0 aromatic heterocycles. The van der Waals surface area contributed by atoms with Crippen LogP contribution in [0.1, 0.15) is 143 Å². The first-order chi connectivity index (χ1) is 23.5. The predicted octanol–water partition coefficient (Wildman–Crippen LogP) is 11.8. The van der Waals surface area contributed by atoms with Gasteiger partial charge in [-0.3, -0.25) is 0 Å². The standard InChI is InChI=1S/C42H56O6/c1-4-7-9-11-13-15-17-19-31-45-36-22-26-38(27-23-36)47-41(43)35-21-30-40(34(6-3)33-35)42(44)48-39-28-24-37(25-29-39)46-32-20-18-16-14-12-10-8-5-2/h6,21-30,33H,3-5,7-20,31-32H2,1-2H3. The van der Waals surface area contributed by atoms with Crippen LogP contribution >= 0.6 is 0 Å². The molecule has 0 aliphatic carbocycles. The first kappa shape index (κ1) is 38.4. The second-order valence-electron chi connectivity index (χ2n) is 12.4. The first-order valence-electron chi connectivity index (χ1n) is 18.2. The summed E-state index contributed by atoms with van der Waals surface area (Å²) in [6.45, 7) is 9.64. The molecule has 0 saturated heterocycles. The fraction of sp³-hybridized carbons (Fsp3) is 0.476. The van der Waals surface area contributed by atoms with Crippen LogP contribution in [0.2, 0.25) is 0 Å². The highest BCUT2D eigenvalue weighted by Gasteiger charge is 2.17. The van der Waals surface area contributed by atoms with E-state index in [1.165, 1.54) is 96.0 Å². The Bertz CT molecular complexity index is 1350. The molecule has 48 heavy (non-hydrogen) atoms. The Labute approximate surface area is 288 Å². The smallest absolute Gasteiger partial charge is 0.344 e. The number of carbonyl (C=O) groups is 2. The van der Waals surface area contributed by atoms with Crippen LogP contribution in [0.5, 0.6) is 23.0 Å². The van der Waals surface area contributed by atoms with Crippen LogP contribution in [-0.2, 0) is 0 Å². The van der Waals surface area contributed by atoms with Gasteiger partial charge in [0.15, 0.2) is 0 Å². The average molecular weight is 657 g/mol. The van der Waals surface area contributed by atoms with Gasteiger partial charge in [0, 0.05) is 0 Å². The molecule has 0 heterocycles. The molecule has 0 aliphatic heterocycles. The molecule has 0 fully saturated rings. The van der Waals surface area contributed by atoms with E-state index < -0.39 is 11.9 Å². The van der Waals surface area contributed by atoms with Crippen LogP contribution < -0.4 is 18.9 Å². The average Bonchev–Trinajstić information content (AvgIpc) is 3.11. The molecule has 260 valence electrons.